The van der Waals surface area contributed by atoms with Crippen LogP contribution in [-0.4, -0.2) is 11.0 Å². The number of rotatable bonds is 6. The molecule has 0 aliphatic rings. The van der Waals surface area contributed by atoms with Crippen molar-refractivity contribution in [3.63, 3.8) is 0 Å². The molecule has 0 fully saturated rings. The molecule has 1 rings (SSSR count). The number of nitrogens with zero attached hydrogens (tertiary/aromatic N) is 1. The highest BCUT2D eigenvalue weighted by atomic mass is 79.9. The van der Waals surface area contributed by atoms with Gasteiger partial charge in [0.15, 0.2) is 0 Å². The summed E-state index contributed by atoms with van der Waals surface area (Å²) in [7, 11) is 0. The van der Waals surface area contributed by atoms with Crippen molar-refractivity contribution in [2.75, 3.05) is 5.32 Å². The third-order valence-corrected chi connectivity index (χ3v) is 3.70. The molecule has 6 heteroatoms. The van der Waals surface area contributed by atoms with E-state index in [0.29, 0.717) is 11.6 Å². The molecule has 0 saturated carbocycles. The molecule has 2 atom stereocenters. The number of benzene rings is 1. The highest BCUT2D eigenvalue weighted by molar-refractivity contribution is 9.10. The molecule has 19 heavy (non-hydrogen) atoms. The Balaban J connectivity index is 2.93. The van der Waals surface area contributed by atoms with Gasteiger partial charge in [-0.15, -0.1) is 0 Å². The summed E-state index contributed by atoms with van der Waals surface area (Å²) >= 11 is 3.05. The van der Waals surface area contributed by atoms with E-state index in [2.05, 4.69) is 35.1 Å². The standard InChI is InChI=1S/C13H18BrFN2O2/c1-4-8(2)5-9(3)16-12-6-10(14)11(15)7-13(12)17(18)19/h6-9,16H,4-5H2,1-3H3. The molecule has 0 aromatic heterocycles. The third kappa shape index (κ3) is 4.45. The second-order valence-corrected chi connectivity index (χ2v) is 5.69. The van der Waals surface area contributed by atoms with E-state index in [-0.39, 0.29) is 16.2 Å². The zero-order valence-corrected chi connectivity index (χ0v) is 12.8. The van der Waals surface area contributed by atoms with E-state index < -0.39 is 10.7 Å². The van der Waals surface area contributed by atoms with Gasteiger partial charge in [-0.2, -0.15) is 0 Å². The van der Waals surface area contributed by atoms with Gasteiger partial charge in [0.05, 0.1) is 15.5 Å². The fraction of sp³-hybridized carbons (Fsp3) is 0.538. The van der Waals surface area contributed by atoms with E-state index in [0.717, 1.165) is 18.9 Å². The Morgan fingerprint density at radius 3 is 2.63 bits per heavy atom. The monoisotopic (exact) mass is 332 g/mol. The quantitative estimate of drug-likeness (QED) is 0.605. The molecule has 1 aromatic carbocycles. The summed E-state index contributed by atoms with van der Waals surface area (Å²) in [6.07, 6.45) is 1.96. The lowest BCUT2D eigenvalue weighted by atomic mass is 10.00. The third-order valence-electron chi connectivity index (χ3n) is 3.09. The molecule has 0 aliphatic carbocycles. The van der Waals surface area contributed by atoms with Crippen molar-refractivity contribution in [1.82, 2.24) is 0 Å². The molecule has 0 amide bonds. The van der Waals surface area contributed by atoms with E-state index in [1.165, 1.54) is 6.07 Å². The maximum atomic E-state index is 13.3. The normalized spacial score (nSPS) is 13.9. The highest BCUT2D eigenvalue weighted by Gasteiger charge is 2.19. The summed E-state index contributed by atoms with van der Waals surface area (Å²) in [5, 5.41) is 14.0. The van der Waals surface area contributed by atoms with Gasteiger partial charge < -0.3 is 5.32 Å². The van der Waals surface area contributed by atoms with E-state index >= 15 is 0 Å². The lowest BCUT2D eigenvalue weighted by Crippen LogP contribution is -2.19. The predicted molar refractivity (Wildman–Crippen MR) is 77.9 cm³/mol. The van der Waals surface area contributed by atoms with Crippen molar-refractivity contribution in [3.8, 4) is 0 Å². The summed E-state index contributed by atoms with van der Waals surface area (Å²) in [4.78, 5) is 10.4. The van der Waals surface area contributed by atoms with Crippen LogP contribution in [0, 0.1) is 21.8 Å². The van der Waals surface area contributed by atoms with E-state index in [1.807, 2.05) is 6.92 Å². The average molecular weight is 333 g/mol. The van der Waals surface area contributed by atoms with Gasteiger partial charge in [0.25, 0.3) is 5.69 Å². The first-order valence-corrected chi connectivity index (χ1v) is 7.04. The van der Waals surface area contributed by atoms with E-state index in [1.54, 1.807) is 0 Å². The van der Waals surface area contributed by atoms with Gasteiger partial charge in [-0.1, -0.05) is 20.3 Å². The number of nitro benzene ring substituents is 1. The Morgan fingerprint density at radius 2 is 2.11 bits per heavy atom. The Labute approximate surface area is 120 Å². The SMILES string of the molecule is CCC(C)CC(C)Nc1cc(Br)c(F)cc1[N+](=O)[O-]. The maximum absolute atomic E-state index is 13.3. The molecule has 1 N–H and O–H groups in total. The second kappa shape index (κ2) is 6.84. The second-order valence-electron chi connectivity index (χ2n) is 4.84. The number of halogens is 2. The Kier molecular flexibility index (Phi) is 5.72. The van der Waals surface area contributed by atoms with Gasteiger partial charge in [0.1, 0.15) is 11.5 Å². The molecule has 1 aromatic rings. The minimum atomic E-state index is -0.633. The van der Waals surface area contributed by atoms with Crippen LogP contribution in [0.5, 0.6) is 0 Å². The maximum Gasteiger partial charge on any atom is 0.295 e. The first-order valence-electron chi connectivity index (χ1n) is 6.25. The van der Waals surface area contributed by atoms with E-state index in [9.17, 15) is 14.5 Å². The van der Waals surface area contributed by atoms with Crippen LogP contribution >= 0.6 is 15.9 Å². The Bertz CT molecular complexity index is 468. The molecule has 106 valence electrons. The molecule has 0 aliphatic heterocycles. The van der Waals surface area contributed by atoms with Crippen LogP contribution < -0.4 is 5.32 Å². The molecule has 2 unspecified atom stereocenters. The summed E-state index contributed by atoms with van der Waals surface area (Å²) in [6.45, 7) is 6.20. The van der Waals surface area contributed by atoms with Crippen LogP contribution in [0.2, 0.25) is 0 Å². The van der Waals surface area contributed by atoms with Gasteiger partial charge in [-0.25, -0.2) is 4.39 Å². The van der Waals surface area contributed by atoms with Crippen LogP contribution in [0.25, 0.3) is 0 Å². The van der Waals surface area contributed by atoms with Crippen LogP contribution in [-0.2, 0) is 0 Å². The number of nitrogens with one attached hydrogen (secondary N) is 1. The van der Waals surface area contributed by atoms with Crippen LogP contribution in [0.3, 0.4) is 0 Å². The lowest BCUT2D eigenvalue weighted by Gasteiger charge is -2.18. The first-order chi connectivity index (χ1) is 8.85. The van der Waals surface area contributed by atoms with Gasteiger partial charge in [0, 0.05) is 6.04 Å². The molecule has 0 radical (unpaired) electrons. The van der Waals surface area contributed by atoms with Gasteiger partial charge >= 0.3 is 0 Å². The summed E-state index contributed by atoms with van der Waals surface area (Å²) in [5.41, 5.74) is 0.103. The molecular weight excluding hydrogens is 315 g/mol. The van der Waals surface area contributed by atoms with Gasteiger partial charge in [0.2, 0.25) is 0 Å². The molecular formula is C13H18BrFN2O2. The van der Waals surface area contributed by atoms with Crippen molar-refractivity contribution in [2.45, 2.75) is 39.7 Å². The number of hydrogen-bond donors (Lipinski definition) is 1. The topological polar surface area (TPSA) is 55.2 Å². The minimum absolute atomic E-state index is 0.0889. The fourth-order valence-corrected chi connectivity index (χ4v) is 2.24. The molecule has 4 nitrogen and oxygen atoms in total. The zero-order chi connectivity index (χ0) is 14.6. The van der Waals surface area contributed by atoms with Crippen molar-refractivity contribution >= 4 is 27.3 Å². The minimum Gasteiger partial charge on any atom is -0.377 e. The van der Waals surface area contributed by atoms with Crippen molar-refractivity contribution in [2.24, 2.45) is 5.92 Å². The summed E-state index contributed by atoms with van der Waals surface area (Å²) < 4.78 is 13.6. The summed E-state index contributed by atoms with van der Waals surface area (Å²) in [5.74, 6) is -0.0997. The molecule has 0 bridgehead atoms. The van der Waals surface area contributed by atoms with Crippen molar-refractivity contribution in [3.05, 3.63) is 32.5 Å². The van der Waals surface area contributed by atoms with Crippen molar-refractivity contribution < 1.29 is 9.31 Å². The number of anilines is 1. The smallest absolute Gasteiger partial charge is 0.295 e. The summed E-state index contributed by atoms with van der Waals surface area (Å²) in [6, 6.07) is 2.44. The largest absolute Gasteiger partial charge is 0.377 e. The average Bonchev–Trinajstić information content (AvgIpc) is 2.32. The molecule has 0 saturated heterocycles. The van der Waals surface area contributed by atoms with Gasteiger partial charge in [-0.05, 0) is 41.3 Å². The highest BCUT2D eigenvalue weighted by Crippen LogP contribution is 2.31. The van der Waals surface area contributed by atoms with Crippen LogP contribution in [0.15, 0.2) is 16.6 Å². The Morgan fingerprint density at radius 1 is 1.47 bits per heavy atom. The van der Waals surface area contributed by atoms with Crippen LogP contribution in [0.4, 0.5) is 15.8 Å². The van der Waals surface area contributed by atoms with Crippen LogP contribution in [0.1, 0.15) is 33.6 Å². The molecule has 0 heterocycles. The first kappa shape index (κ1) is 15.9. The van der Waals surface area contributed by atoms with Gasteiger partial charge in [-0.3, -0.25) is 10.1 Å². The fourth-order valence-electron chi connectivity index (χ4n) is 1.90. The zero-order valence-electron chi connectivity index (χ0n) is 11.2. The molecule has 0 spiro atoms. The lowest BCUT2D eigenvalue weighted by molar-refractivity contribution is -0.384. The van der Waals surface area contributed by atoms with E-state index in [4.69, 9.17) is 0 Å². The Hall–Kier alpha value is -1.17. The van der Waals surface area contributed by atoms with Crippen molar-refractivity contribution in [1.29, 1.82) is 0 Å². The predicted octanol–water partition coefficient (Wildman–Crippen LogP) is 4.73. The number of nitro groups is 1. The number of hydrogen-bond acceptors (Lipinski definition) is 3.